The first-order chi connectivity index (χ1) is 29.4. The van der Waals surface area contributed by atoms with Crippen molar-refractivity contribution >= 4 is 29.1 Å². The second-order valence-electron chi connectivity index (χ2n) is 15.3. The normalized spacial score (nSPS) is 15.1. The van der Waals surface area contributed by atoms with Crippen LogP contribution in [0.3, 0.4) is 0 Å². The first-order valence-electron chi connectivity index (χ1n) is 20.8. The monoisotopic (exact) mass is 819 g/mol. The van der Waals surface area contributed by atoms with Crippen LogP contribution in [0.2, 0.25) is 5.02 Å². The summed E-state index contributed by atoms with van der Waals surface area (Å²) < 4.78 is 1.86. The van der Waals surface area contributed by atoms with E-state index in [-0.39, 0.29) is 23.9 Å². The molecule has 5 aromatic carbocycles. The Morgan fingerprint density at radius 3 is 1.93 bits per heavy atom. The number of halogens is 1. The molecule has 306 valence electrons. The number of nitrogens with zero attached hydrogens (tertiary/aromatic N) is 4. The van der Waals surface area contributed by atoms with Crippen LogP contribution < -0.4 is 16.1 Å². The maximum atomic E-state index is 13.1. The molecule has 1 aliphatic carbocycles. The van der Waals surface area contributed by atoms with E-state index in [4.69, 9.17) is 21.7 Å². The van der Waals surface area contributed by atoms with Gasteiger partial charge >= 0.3 is 0 Å². The molecule has 0 bridgehead atoms. The fraction of sp³-hybridized carbons (Fsp3) is 0.286. The van der Waals surface area contributed by atoms with Gasteiger partial charge in [0.25, 0.3) is 5.91 Å². The summed E-state index contributed by atoms with van der Waals surface area (Å²) in [6, 6.07) is 45.4. The second kappa shape index (κ2) is 20.6. The van der Waals surface area contributed by atoms with Gasteiger partial charge in [0, 0.05) is 41.9 Å². The van der Waals surface area contributed by atoms with E-state index in [1.165, 1.54) is 0 Å². The van der Waals surface area contributed by atoms with E-state index in [0.717, 1.165) is 98.0 Å². The lowest BCUT2D eigenvalue weighted by molar-refractivity contribution is -0.143. The summed E-state index contributed by atoms with van der Waals surface area (Å²) in [7, 11) is 0. The van der Waals surface area contributed by atoms with Crippen LogP contribution in [-0.4, -0.2) is 38.9 Å². The summed E-state index contributed by atoms with van der Waals surface area (Å²) in [5.41, 5.74) is 8.22. The van der Waals surface area contributed by atoms with Crippen LogP contribution in [0, 0.1) is 11.3 Å². The third-order valence-corrected chi connectivity index (χ3v) is 11.5. The van der Waals surface area contributed by atoms with Crippen LogP contribution >= 0.6 is 11.6 Å². The summed E-state index contributed by atoms with van der Waals surface area (Å²) in [4.78, 5) is 32.6. The zero-order valence-corrected chi connectivity index (χ0v) is 34.4. The van der Waals surface area contributed by atoms with Gasteiger partial charge in [-0.05, 0) is 85.5 Å². The van der Waals surface area contributed by atoms with Crippen LogP contribution in [0.5, 0.6) is 0 Å². The number of rotatable bonds is 18. The Morgan fingerprint density at radius 1 is 0.750 bits per heavy atom. The van der Waals surface area contributed by atoms with Gasteiger partial charge in [-0.1, -0.05) is 139 Å². The molecule has 1 heterocycles. The van der Waals surface area contributed by atoms with Gasteiger partial charge in [-0.3, -0.25) is 19.1 Å². The maximum absolute atomic E-state index is 13.1. The fourth-order valence-corrected chi connectivity index (χ4v) is 8.11. The number of carbonyl (C=O) groups excluding carboxylic acids is 2. The molecule has 2 amide bonds. The van der Waals surface area contributed by atoms with E-state index in [9.17, 15) is 9.59 Å². The molecule has 3 N–H and O–H groups in total. The van der Waals surface area contributed by atoms with E-state index >= 15 is 0 Å². The SMILES string of the molecule is N#Cc1ccc(NC2CCC(NC(=O)c3ccc(-c4cn(CCCCCCCC(=O)NOC(c5ccccc5)(c5ccccc5)c5ccccc5)nn4)cc3)CC2)cc1Cl. The van der Waals surface area contributed by atoms with Crippen LogP contribution in [0.25, 0.3) is 11.3 Å². The summed E-state index contributed by atoms with van der Waals surface area (Å²) in [5, 5.41) is 25.0. The molecule has 0 unspecified atom stereocenters. The second-order valence-corrected chi connectivity index (χ2v) is 15.7. The number of nitriles is 1. The molecular weight excluding hydrogens is 770 g/mol. The lowest BCUT2D eigenvalue weighted by Crippen LogP contribution is -2.40. The Labute approximate surface area is 356 Å². The van der Waals surface area contributed by atoms with Crippen molar-refractivity contribution in [3.63, 3.8) is 0 Å². The van der Waals surface area contributed by atoms with E-state index in [1.54, 1.807) is 12.1 Å². The number of hydroxylamine groups is 1. The van der Waals surface area contributed by atoms with Crippen molar-refractivity contribution in [3.05, 3.63) is 172 Å². The van der Waals surface area contributed by atoms with Crippen molar-refractivity contribution in [1.29, 1.82) is 5.26 Å². The van der Waals surface area contributed by atoms with Crippen molar-refractivity contribution in [1.82, 2.24) is 25.8 Å². The Hall–Kier alpha value is -6.28. The van der Waals surface area contributed by atoms with E-state index in [1.807, 2.05) is 132 Å². The van der Waals surface area contributed by atoms with Crippen molar-refractivity contribution in [2.45, 2.75) is 88.4 Å². The predicted octanol–water partition coefficient (Wildman–Crippen LogP) is 10.0. The summed E-state index contributed by atoms with van der Waals surface area (Å²) >= 11 is 6.19. The predicted molar refractivity (Wildman–Crippen MR) is 235 cm³/mol. The number of hydrogen-bond donors (Lipinski definition) is 3. The van der Waals surface area contributed by atoms with E-state index in [0.29, 0.717) is 22.6 Å². The average molecular weight is 820 g/mol. The zero-order chi connectivity index (χ0) is 41.6. The topological polar surface area (TPSA) is 134 Å². The van der Waals surface area contributed by atoms with Crippen molar-refractivity contribution in [3.8, 4) is 17.3 Å². The molecule has 10 nitrogen and oxygen atoms in total. The molecule has 0 radical (unpaired) electrons. The van der Waals surface area contributed by atoms with Crippen LogP contribution in [0.15, 0.2) is 140 Å². The van der Waals surface area contributed by atoms with Crippen LogP contribution in [0.4, 0.5) is 5.69 Å². The highest BCUT2D eigenvalue weighted by atomic mass is 35.5. The summed E-state index contributed by atoms with van der Waals surface area (Å²) in [5.74, 6) is -0.225. The smallest absolute Gasteiger partial charge is 0.251 e. The minimum atomic E-state index is -1.01. The number of carbonyl (C=O) groups is 2. The minimum Gasteiger partial charge on any atom is -0.382 e. The van der Waals surface area contributed by atoms with E-state index < -0.39 is 5.60 Å². The number of aromatic nitrogens is 3. The molecule has 1 aliphatic rings. The zero-order valence-electron chi connectivity index (χ0n) is 33.6. The van der Waals surface area contributed by atoms with Gasteiger partial charge in [0.15, 0.2) is 5.60 Å². The molecule has 7 rings (SSSR count). The number of nitrogens with one attached hydrogen (secondary N) is 3. The van der Waals surface area contributed by atoms with Gasteiger partial charge in [-0.2, -0.15) is 5.26 Å². The lowest BCUT2D eigenvalue weighted by atomic mass is 9.80. The Kier molecular flexibility index (Phi) is 14.4. The molecule has 0 saturated heterocycles. The molecule has 1 aromatic heterocycles. The molecule has 0 spiro atoms. The number of unbranched alkanes of at least 4 members (excludes halogenated alkanes) is 4. The molecule has 60 heavy (non-hydrogen) atoms. The summed E-state index contributed by atoms with van der Waals surface area (Å²) in [6.45, 7) is 0.751. The largest absolute Gasteiger partial charge is 0.382 e. The number of amides is 2. The standard InChI is InChI=1S/C49H50ClN7O3/c50-45-33-44(27-26-38(45)34-51)52-42-28-30-43(31-29-42)53-48(59)37-24-22-36(23-25-37)46-35-57(56-54-46)32-14-3-1-2-13-21-47(58)55-60-49(39-15-7-4-8-16-39,40-17-9-5-10-18-40)41-19-11-6-12-20-41/h4-12,15-20,22-27,33,35,42-43,52H,1-3,13-14,21,28-32H2,(H,53,59)(H,55,58). The minimum absolute atomic E-state index is 0.0781. The fourth-order valence-electron chi connectivity index (χ4n) is 7.88. The molecule has 0 aliphatic heterocycles. The maximum Gasteiger partial charge on any atom is 0.251 e. The Morgan fingerprint density at radius 2 is 1.33 bits per heavy atom. The molecule has 0 atom stereocenters. The van der Waals surface area contributed by atoms with Gasteiger partial charge in [0.1, 0.15) is 11.8 Å². The molecule has 1 fully saturated rings. The number of benzene rings is 5. The highest BCUT2D eigenvalue weighted by molar-refractivity contribution is 6.32. The van der Waals surface area contributed by atoms with Crippen molar-refractivity contribution < 1.29 is 14.4 Å². The summed E-state index contributed by atoms with van der Waals surface area (Å²) in [6.07, 6.45) is 10.6. The average Bonchev–Trinajstić information content (AvgIpc) is 3.77. The van der Waals surface area contributed by atoms with Gasteiger partial charge in [-0.15, -0.1) is 5.10 Å². The highest BCUT2D eigenvalue weighted by Crippen LogP contribution is 2.39. The third kappa shape index (κ3) is 10.7. The number of aryl methyl sites for hydroxylation is 1. The Bertz CT molecular complexity index is 2240. The third-order valence-electron chi connectivity index (χ3n) is 11.2. The first-order valence-corrected chi connectivity index (χ1v) is 21.2. The Balaban J connectivity index is 0.804. The van der Waals surface area contributed by atoms with Gasteiger partial charge in [-0.25, -0.2) is 5.48 Å². The highest BCUT2D eigenvalue weighted by Gasteiger charge is 2.39. The quantitative estimate of drug-likeness (QED) is 0.0447. The van der Waals surface area contributed by atoms with Gasteiger partial charge in [0.05, 0.1) is 16.8 Å². The molecule has 1 saturated carbocycles. The molecule has 6 aromatic rings. The van der Waals surface area contributed by atoms with E-state index in [2.05, 4.69) is 32.5 Å². The molecule has 11 heteroatoms. The van der Waals surface area contributed by atoms with Crippen molar-refractivity contribution in [2.24, 2.45) is 0 Å². The molecular formula is C49H50ClN7O3. The van der Waals surface area contributed by atoms with Gasteiger partial charge < -0.3 is 10.6 Å². The van der Waals surface area contributed by atoms with Crippen LogP contribution in [0.1, 0.15) is 96.8 Å². The van der Waals surface area contributed by atoms with Crippen molar-refractivity contribution in [2.75, 3.05) is 5.32 Å². The van der Waals surface area contributed by atoms with Crippen LogP contribution in [-0.2, 0) is 21.8 Å². The van der Waals surface area contributed by atoms with Gasteiger partial charge in [0.2, 0.25) is 5.91 Å². The first kappa shape index (κ1) is 41.9. The lowest BCUT2D eigenvalue weighted by Gasteiger charge is -2.35. The number of hydrogen-bond acceptors (Lipinski definition) is 7. The number of anilines is 1.